The number of carbonyl (C=O) groups excluding carboxylic acids is 1. The average Bonchev–Trinajstić information content (AvgIpc) is 2.42. The third kappa shape index (κ3) is 7.10. The Morgan fingerprint density at radius 2 is 1.81 bits per heavy atom. The molecule has 0 aliphatic carbocycles. The van der Waals surface area contributed by atoms with Gasteiger partial charge in [-0.1, -0.05) is 31.2 Å². The zero-order chi connectivity index (χ0) is 15.9. The minimum atomic E-state index is -3.22. The standard InChI is InChI=1S/C14H23N3O3S/c1-4-12-5-7-13(8-6-12)11(2)17-14(18)15-9-10-16-21(3,19)20/h5-8,11,16H,4,9-10H2,1-3H3,(H2,15,17,18). The highest BCUT2D eigenvalue weighted by Crippen LogP contribution is 2.13. The second-order valence-corrected chi connectivity index (χ2v) is 6.72. The van der Waals surface area contributed by atoms with Crippen molar-refractivity contribution in [1.29, 1.82) is 0 Å². The second kappa shape index (κ2) is 7.99. The molecular formula is C14H23N3O3S. The Labute approximate surface area is 126 Å². The minimum Gasteiger partial charge on any atom is -0.337 e. The van der Waals surface area contributed by atoms with Gasteiger partial charge < -0.3 is 10.6 Å². The molecule has 1 aromatic rings. The molecule has 0 aliphatic heterocycles. The topological polar surface area (TPSA) is 87.3 Å². The van der Waals surface area contributed by atoms with E-state index in [1.807, 2.05) is 31.2 Å². The third-order valence-corrected chi connectivity index (χ3v) is 3.74. The van der Waals surface area contributed by atoms with Crippen LogP contribution < -0.4 is 15.4 Å². The van der Waals surface area contributed by atoms with Gasteiger partial charge in [0.25, 0.3) is 0 Å². The van der Waals surface area contributed by atoms with E-state index < -0.39 is 10.0 Å². The first-order valence-corrected chi connectivity index (χ1v) is 8.79. The lowest BCUT2D eigenvalue weighted by Crippen LogP contribution is -2.41. The fourth-order valence-corrected chi connectivity index (χ4v) is 2.26. The van der Waals surface area contributed by atoms with Gasteiger partial charge in [0.1, 0.15) is 0 Å². The molecular weight excluding hydrogens is 290 g/mol. The Morgan fingerprint density at radius 1 is 1.19 bits per heavy atom. The summed E-state index contributed by atoms with van der Waals surface area (Å²) in [6.07, 6.45) is 2.06. The Balaban J connectivity index is 2.36. The minimum absolute atomic E-state index is 0.112. The SMILES string of the molecule is CCc1ccc(C(C)NC(=O)NCCNS(C)(=O)=O)cc1. The fourth-order valence-electron chi connectivity index (χ4n) is 1.79. The van der Waals surface area contributed by atoms with Crippen molar-refractivity contribution in [3.05, 3.63) is 35.4 Å². The van der Waals surface area contributed by atoms with Gasteiger partial charge in [0, 0.05) is 13.1 Å². The number of aryl methyl sites for hydroxylation is 1. The molecule has 2 amide bonds. The Bertz CT molecular complexity index is 555. The van der Waals surface area contributed by atoms with Crippen molar-refractivity contribution < 1.29 is 13.2 Å². The highest BCUT2D eigenvalue weighted by molar-refractivity contribution is 7.88. The third-order valence-electron chi connectivity index (χ3n) is 3.01. The first-order valence-electron chi connectivity index (χ1n) is 6.89. The van der Waals surface area contributed by atoms with Crippen LogP contribution in [0.15, 0.2) is 24.3 Å². The van der Waals surface area contributed by atoms with Crippen LogP contribution in [0.5, 0.6) is 0 Å². The van der Waals surface area contributed by atoms with Gasteiger partial charge in [-0.25, -0.2) is 17.9 Å². The van der Waals surface area contributed by atoms with Gasteiger partial charge in [-0.15, -0.1) is 0 Å². The number of benzene rings is 1. The van der Waals surface area contributed by atoms with E-state index in [0.29, 0.717) is 0 Å². The van der Waals surface area contributed by atoms with Crippen LogP contribution in [0.2, 0.25) is 0 Å². The van der Waals surface area contributed by atoms with E-state index in [0.717, 1.165) is 18.2 Å². The molecule has 0 radical (unpaired) electrons. The summed E-state index contributed by atoms with van der Waals surface area (Å²) in [6.45, 7) is 4.40. The molecule has 1 atom stereocenters. The summed E-state index contributed by atoms with van der Waals surface area (Å²) in [5.74, 6) is 0. The van der Waals surface area contributed by atoms with Crippen LogP contribution >= 0.6 is 0 Å². The van der Waals surface area contributed by atoms with Crippen molar-refractivity contribution in [3.63, 3.8) is 0 Å². The summed E-state index contributed by atoms with van der Waals surface area (Å²) >= 11 is 0. The number of rotatable bonds is 7. The molecule has 0 aromatic heterocycles. The monoisotopic (exact) mass is 313 g/mol. The first-order chi connectivity index (χ1) is 9.81. The highest BCUT2D eigenvalue weighted by atomic mass is 32.2. The Morgan fingerprint density at radius 3 is 2.33 bits per heavy atom. The maximum atomic E-state index is 11.7. The summed E-state index contributed by atoms with van der Waals surface area (Å²) in [6, 6.07) is 7.64. The van der Waals surface area contributed by atoms with Crippen molar-refractivity contribution in [1.82, 2.24) is 15.4 Å². The quantitative estimate of drug-likeness (QED) is 0.660. The molecule has 3 N–H and O–H groups in total. The van der Waals surface area contributed by atoms with E-state index in [-0.39, 0.29) is 25.2 Å². The van der Waals surface area contributed by atoms with Crippen LogP contribution in [0.3, 0.4) is 0 Å². The summed E-state index contributed by atoms with van der Waals surface area (Å²) in [7, 11) is -3.22. The number of sulfonamides is 1. The normalized spacial score (nSPS) is 12.7. The maximum Gasteiger partial charge on any atom is 0.315 e. The van der Waals surface area contributed by atoms with Crippen molar-refractivity contribution >= 4 is 16.1 Å². The van der Waals surface area contributed by atoms with Gasteiger partial charge >= 0.3 is 6.03 Å². The number of nitrogens with one attached hydrogen (secondary N) is 3. The second-order valence-electron chi connectivity index (χ2n) is 4.88. The van der Waals surface area contributed by atoms with Gasteiger partial charge in [-0.05, 0) is 24.5 Å². The van der Waals surface area contributed by atoms with Crippen LogP contribution in [-0.4, -0.2) is 33.8 Å². The zero-order valence-corrected chi connectivity index (χ0v) is 13.5. The fraction of sp³-hybridized carbons (Fsp3) is 0.500. The molecule has 1 unspecified atom stereocenters. The summed E-state index contributed by atoms with van der Waals surface area (Å²) < 4.78 is 24.0. The first kappa shape index (κ1) is 17.5. The number of hydrogen-bond acceptors (Lipinski definition) is 3. The van der Waals surface area contributed by atoms with Crippen LogP contribution in [0.4, 0.5) is 4.79 Å². The van der Waals surface area contributed by atoms with Gasteiger partial charge in [0.2, 0.25) is 10.0 Å². The molecule has 0 spiro atoms. The molecule has 0 heterocycles. The molecule has 1 rings (SSSR count). The van der Waals surface area contributed by atoms with Crippen molar-refractivity contribution in [2.75, 3.05) is 19.3 Å². The van der Waals surface area contributed by atoms with E-state index in [9.17, 15) is 13.2 Å². The zero-order valence-electron chi connectivity index (χ0n) is 12.6. The lowest BCUT2D eigenvalue weighted by atomic mass is 10.1. The molecule has 0 fully saturated rings. The summed E-state index contributed by atoms with van der Waals surface area (Å²) in [4.78, 5) is 11.7. The van der Waals surface area contributed by atoms with Crippen LogP contribution in [0.1, 0.15) is 31.0 Å². The number of carbonyl (C=O) groups is 1. The lowest BCUT2D eigenvalue weighted by molar-refractivity contribution is 0.238. The van der Waals surface area contributed by atoms with Gasteiger partial charge in [0.15, 0.2) is 0 Å². The largest absolute Gasteiger partial charge is 0.337 e. The molecule has 6 nitrogen and oxygen atoms in total. The molecule has 7 heteroatoms. The van der Waals surface area contributed by atoms with Crippen molar-refractivity contribution in [2.24, 2.45) is 0 Å². The maximum absolute atomic E-state index is 11.7. The van der Waals surface area contributed by atoms with E-state index >= 15 is 0 Å². The Hall–Kier alpha value is -1.60. The van der Waals surface area contributed by atoms with E-state index in [1.54, 1.807) is 0 Å². The van der Waals surface area contributed by atoms with Crippen LogP contribution in [-0.2, 0) is 16.4 Å². The van der Waals surface area contributed by atoms with Crippen LogP contribution in [0.25, 0.3) is 0 Å². The number of amides is 2. The van der Waals surface area contributed by atoms with Gasteiger partial charge in [0.05, 0.1) is 12.3 Å². The smallest absolute Gasteiger partial charge is 0.315 e. The molecule has 118 valence electrons. The predicted molar refractivity (Wildman–Crippen MR) is 83.6 cm³/mol. The molecule has 1 aromatic carbocycles. The summed E-state index contributed by atoms with van der Waals surface area (Å²) in [5.41, 5.74) is 2.28. The average molecular weight is 313 g/mol. The molecule has 0 saturated heterocycles. The molecule has 0 saturated carbocycles. The number of urea groups is 1. The molecule has 0 aliphatic rings. The Kier molecular flexibility index (Phi) is 6.64. The van der Waals surface area contributed by atoms with Crippen molar-refractivity contribution in [2.45, 2.75) is 26.3 Å². The molecule has 21 heavy (non-hydrogen) atoms. The number of hydrogen-bond donors (Lipinski definition) is 3. The lowest BCUT2D eigenvalue weighted by Gasteiger charge is -2.15. The van der Waals surface area contributed by atoms with E-state index in [1.165, 1.54) is 5.56 Å². The highest BCUT2D eigenvalue weighted by Gasteiger charge is 2.09. The predicted octanol–water partition coefficient (Wildman–Crippen LogP) is 1.16. The summed E-state index contributed by atoms with van der Waals surface area (Å²) in [5, 5.41) is 5.41. The van der Waals surface area contributed by atoms with E-state index in [2.05, 4.69) is 22.3 Å². The van der Waals surface area contributed by atoms with E-state index in [4.69, 9.17) is 0 Å². The van der Waals surface area contributed by atoms with Crippen molar-refractivity contribution in [3.8, 4) is 0 Å². The van der Waals surface area contributed by atoms with Crippen LogP contribution in [0, 0.1) is 0 Å². The van der Waals surface area contributed by atoms with Gasteiger partial charge in [-0.3, -0.25) is 0 Å². The van der Waals surface area contributed by atoms with Gasteiger partial charge in [-0.2, -0.15) is 0 Å². The molecule has 0 bridgehead atoms.